The van der Waals surface area contributed by atoms with Gasteiger partial charge in [-0.1, -0.05) is 13.8 Å². The lowest BCUT2D eigenvalue weighted by molar-refractivity contribution is -0.122. The van der Waals surface area contributed by atoms with Crippen LogP contribution in [0.3, 0.4) is 0 Å². The molecule has 1 heterocycles. The maximum absolute atomic E-state index is 11.6. The van der Waals surface area contributed by atoms with Gasteiger partial charge in [-0.3, -0.25) is 4.79 Å². The van der Waals surface area contributed by atoms with Gasteiger partial charge >= 0.3 is 5.97 Å². The van der Waals surface area contributed by atoms with E-state index in [2.05, 4.69) is 5.32 Å². The van der Waals surface area contributed by atoms with Crippen molar-refractivity contribution in [1.29, 1.82) is 0 Å². The minimum Gasteiger partial charge on any atom is -0.478 e. The molecule has 0 saturated carbocycles. The molecule has 0 aliphatic rings. The molecule has 1 aromatic heterocycles. The van der Waals surface area contributed by atoms with Crippen LogP contribution >= 0.6 is 0 Å². The van der Waals surface area contributed by atoms with Gasteiger partial charge < -0.3 is 15.0 Å². The summed E-state index contributed by atoms with van der Waals surface area (Å²) in [6.45, 7) is 4.20. The van der Waals surface area contributed by atoms with Gasteiger partial charge in [-0.25, -0.2) is 4.79 Å². The number of carbonyl (C=O) groups excluding carboxylic acids is 1. The normalized spacial score (nSPS) is 10.5. The van der Waals surface area contributed by atoms with Crippen LogP contribution in [0, 0.1) is 0 Å². The molecule has 0 aliphatic carbocycles. The van der Waals surface area contributed by atoms with Gasteiger partial charge in [0.2, 0.25) is 5.91 Å². The molecule has 0 fully saturated rings. The smallest absolute Gasteiger partial charge is 0.337 e. The van der Waals surface area contributed by atoms with Crippen molar-refractivity contribution in [3.05, 3.63) is 24.0 Å². The zero-order valence-corrected chi connectivity index (χ0v) is 10.1. The van der Waals surface area contributed by atoms with Crippen molar-refractivity contribution in [2.75, 3.05) is 0 Å². The number of carboxylic acid groups (broad SMARTS) is 1. The average molecular weight is 238 g/mol. The first-order chi connectivity index (χ1) is 8.06. The van der Waals surface area contributed by atoms with Crippen LogP contribution in [0.25, 0.3) is 0 Å². The Labute approximate surface area is 100 Å². The molecule has 0 atom stereocenters. The van der Waals surface area contributed by atoms with E-state index in [1.165, 1.54) is 12.3 Å². The molecule has 1 aromatic rings. The number of carbonyl (C=O) groups is 2. The molecule has 1 rings (SSSR count). The lowest BCUT2D eigenvalue weighted by Gasteiger charge is -2.14. The molecule has 0 aliphatic heterocycles. The largest absolute Gasteiger partial charge is 0.478 e. The first kappa shape index (κ1) is 13.3. The van der Waals surface area contributed by atoms with E-state index in [1.54, 1.807) is 10.8 Å². The summed E-state index contributed by atoms with van der Waals surface area (Å²) in [4.78, 5) is 22.3. The Hall–Kier alpha value is -1.78. The van der Waals surface area contributed by atoms with Crippen LogP contribution in [0.15, 0.2) is 18.5 Å². The van der Waals surface area contributed by atoms with Crippen LogP contribution < -0.4 is 5.32 Å². The van der Waals surface area contributed by atoms with Crippen molar-refractivity contribution in [3.8, 4) is 0 Å². The molecule has 1 amide bonds. The third-order valence-electron chi connectivity index (χ3n) is 2.67. The third-order valence-corrected chi connectivity index (χ3v) is 2.67. The van der Waals surface area contributed by atoms with Gasteiger partial charge in [-0.05, 0) is 18.9 Å². The van der Waals surface area contributed by atoms with Crippen LogP contribution in [0.4, 0.5) is 0 Å². The predicted octanol–water partition coefficient (Wildman–Crippen LogP) is 1.49. The van der Waals surface area contributed by atoms with Crippen molar-refractivity contribution in [2.24, 2.45) is 0 Å². The van der Waals surface area contributed by atoms with E-state index < -0.39 is 5.97 Å². The number of rotatable bonds is 6. The number of hydrogen-bond donors (Lipinski definition) is 2. The van der Waals surface area contributed by atoms with Crippen LogP contribution in [0.1, 0.15) is 37.0 Å². The number of aromatic nitrogens is 1. The summed E-state index contributed by atoms with van der Waals surface area (Å²) < 4.78 is 1.57. The zero-order valence-electron chi connectivity index (χ0n) is 10.1. The van der Waals surface area contributed by atoms with E-state index >= 15 is 0 Å². The molecule has 5 heteroatoms. The zero-order chi connectivity index (χ0) is 12.8. The molecule has 0 bridgehead atoms. The van der Waals surface area contributed by atoms with E-state index in [-0.39, 0.29) is 24.1 Å². The topological polar surface area (TPSA) is 71.3 Å². The molecule has 2 N–H and O–H groups in total. The highest BCUT2D eigenvalue weighted by molar-refractivity contribution is 5.87. The number of amides is 1. The monoisotopic (exact) mass is 238 g/mol. The van der Waals surface area contributed by atoms with Crippen LogP contribution in [-0.4, -0.2) is 27.6 Å². The first-order valence-corrected chi connectivity index (χ1v) is 5.75. The Morgan fingerprint density at radius 2 is 2.06 bits per heavy atom. The average Bonchev–Trinajstić information content (AvgIpc) is 2.74. The van der Waals surface area contributed by atoms with E-state index in [4.69, 9.17) is 5.11 Å². The van der Waals surface area contributed by atoms with Crippen molar-refractivity contribution >= 4 is 11.9 Å². The Morgan fingerprint density at radius 1 is 1.41 bits per heavy atom. The highest BCUT2D eigenvalue weighted by Gasteiger charge is 2.10. The predicted molar refractivity (Wildman–Crippen MR) is 63.9 cm³/mol. The maximum atomic E-state index is 11.6. The highest BCUT2D eigenvalue weighted by Crippen LogP contribution is 2.02. The van der Waals surface area contributed by atoms with E-state index in [0.717, 1.165) is 12.8 Å². The summed E-state index contributed by atoms with van der Waals surface area (Å²) in [5, 5.41) is 11.6. The SMILES string of the molecule is CCC(CC)NC(=O)Cn1ccc(C(=O)O)c1. The number of nitrogens with one attached hydrogen (secondary N) is 1. The van der Waals surface area contributed by atoms with Gasteiger partial charge in [-0.15, -0.1) is 0 Å². The van der Waals surface area contributed by atoms with E-state index in [1.807, 2.05) is 13.8 Å². The second kappa shape index (κ2) is 6.08. The van der Waals surface area contributed by atoms with Gasteiger partial charge in [-0.2, -0.15) is 0 Å². The summed E-state index contributed by atoms with van der Waals surface area (Å²) in [6.07, 6.45) is 4.84. The van der Waals surface area contributed by atoms with Gasteiger partial charge in [0.1, 0.15) is 6.54 Å². The van der Waals surface area contributed by atoms with Crippen molar-refractivity contribution in [1.82, 2.24) is 9.88 Å². The Morgan fingerprint density at radius 3 is 2.53 bits per heavy atom. The molecule has 0 aromatic carbocycles. The standard InChI is InChI=1S/C12H18N2O3/c1-3-10(4-2)13-11(15)8-14-6-5-9(7-14)12(16)17/h5-7,10H,3-4,8H2,1-2H3,(H,13,15)(H,16,17). The molecule has 94 valence electrons. The molecule has 5 nitrogen and oxygen atoms in total. The molecule has 0 spiro atoms. The van der Waals surface area contributed by atoms with E-state index in [0.29, 0.717) is 0 Å². The fourth-order valence-electron chi connectivity index (χ4n) is 1.60. The fraction of sp³-hybridized carbons (Fsp3) is 0.500. The van der Waals surface area contributed by atoms with Crippen LogP contribution in [0.2, 0.25) is 0 Å². The Balaban J connectivity index is 2.52. The summed E-state index contributed by atoms with van der Waals surface area (Å²) >= 11 is 0. The number of aromatic carboxylic acids is 1. The molecule has 0 unspecified atom stereocenters. The molecular formula is C12H18N2O3. The lowest BCUT2D eigenvalue weighted by atomic mass is 10.2. The van der Waals surface area contributed by atoms with E-state index in [9.17, 15) is 9.59 Å². The first-order valence-electron chi connectivity index (χ1n) is 5.75. The molecular weight excluding hydrogens is 220 g/mol. The second-order valence-corrected chi connectivity index (χ2v) is 3.96. The summed E-state index contributed by atoms with van der Waals surface area (Å²) in [7, 11) is 0. The fourth-order valence-corrected chi connectivity index (χ4v) is 1.60. The quantitative estimate of drug-likeness (QED) is 0.788. The Kier molecular flexibility index (Phi) is 4.75. The minimum atomic E-state index is -0.982. The summed E-state index contributed by atoms with van der Waals surface area (Å²) in [5.41, 5.74) is 0.195. The molecule has 0 radical (unpaired) electrons. The number of carboxylic acids is 1. The highest BCUT2D eigenvalue weighted by atomic mass is 16.4. The third kappa shape index (κ3) is 3.94. The van der Waals surface area contributed by atoms with Gasteiger partial charge in [0.25, 0.3) is 0 Å². The van der Waals surface area contributed by atoms with Crippen LogP contribution in [0.5, 0.6) is 0 Å². The van der Waals surface area contributed by atoms with Gasteiger partial charge in [0.05, 0.1) is 5.56 Å². The summed E-state index contributed by atoms with van der Waals surface area (Å²) in [5.74, 6) is -1.07. The Bertz CT molecular complexity index is 394. The number of hydrogen-bond acceptors (Lipinski definition) is 2. The van der Waals surface area contributed by atoms with Crippen LogP contribution in [-0.2, 0) is 11.3 Å². The van der Waals surface area contributed by atoms with Crippen molar-refractivity contribution < 1.29 is 14.7 Å². The van der Waals surface area contributed by atoms with Gasteiger partial charge in [0, 0.05) is 18.4 Å². The number of nitrogens with zero attached hydrogens (tertiary/aromatic N) is 1. The second-order valence-electron chi connectivity index (χ2n) is 3.96. The molecule has 0 saturated heterocycles. The summed E-state index contributed by atoms with van der Waals surface area (Å²) in [6, 6.07) is 1.67. The van der Waals surface area contributed by atoms with Gasteiger partial charge in [0.15, 0.2) is 0 Å². The lowest BCUT2D eigenvalue weighted by Crippen LogP contribution is -2.35. The molecule has 17 heavy (non-hydrogen) atoms. The van der Waals surface area contributed by atoms with Crippen molar-refractivity contribution in [3.63, 3.8) is 0 Å². The van der Waals surface area contributed by atoms with Crippen molar-refractivity contribution in [2.45, 2.75) is 39.3 Å². The maximum Gasteiger partial charge on any atom is 0.337 e. The minimum absolute atomic E-state index is 0.0914.